The Bertz CT molecular complexity index is 370. The number of halogens is 3. The molecular weight excluding hydrogens is 305 g/mol. The second-order valence-corrected chi connectivity index (χ2v) is 8.11. The number of rotatable bonds is 10. The molecule has 3 nitrogen and oxygen atoms in total. The van der Waals surface area contributed by atoms with Crippen LogP contribution in [0.3, 0.4) is 0 Å². The molecule has 0 unspecified atom stereocenters. The molecule has 0 heterocycles. The van der Waals surface area contributed by atoms with Gasteiger partial charge in [-0.25, -0.2) is 0 Å². The molecule has 0 aliphatic carbocycles. The molecule has 21 heavy (non-hydrogen) atoms. The summed E-state index contributed by atoms with van der Waals surface area (Å²) < 4.78 is 61.0. The van der Waals surface area contributed by atoms with Crippen molar-refractivity contribution in [2.45, 2.75) is 77.6 Å². The fraction of sp³-hybridized carbons (Fsp3) is 1.00. The topological polar surface area (TPSA) is 43.4 Å². The van der Waals surface area contributed by atoms with Crippen molar-refractivity contribution in [2.75, 3.05) is 6.61 Å². The van der Waals surface area contributed by atoms with Crippen LogP contribution in [-0.2, 0) is 14.3 Å². The van der Waals surface area contributed by atoms with E-state index in [2.05, 4.69) is 25.0 Å². The van der Waals surface area contributed by atoms with E-state index in [1.165, 1.54) is 12.8 Å². The molecule has 0 radical (unpaired) electrons. The highest BCUT2D eigenvalue weighted by atomic mass is 32.2. The van der Waals surface area contributed by atoms with Crippen molar-refractivity contribution in [2.24, 2.45) is 5.41 Å². The Labute approximate surface area is 126 Å². The van der Waals surface area contributed by atoms with Crippen LogP contribution >= 0.6 is 0 Å². The molecule has 7 heteroatoms. The van der Waals surface area contributed by atoms with Crippen molar-refractivity contribution in [3.63, 3.8) is 0 Å². The summed E-state index contributed by atoms with van der Waals surface area (Å²) in [5.74, 6) is 0. The van der Waals surface area contributed by atoms with Crippen LogP contribution in [0.1, 0.15) is 72.1 Å². The molecule has 0 atom stereocenters. The number of alkyl halides is 3. The largest absolute Gasteiger partial charge is 0.523 e. The van der Waals surface area contributed by atoms with Crippen LogP contribution < -0.4 is 0 Å². The van der Waals surface area contributed by atoms with Gasteiger partial charge in [-0.15, -0.1) is 0 Å². The smallest absolute Gasteiger partial charge is 0.263 e. The third kappa shape index (κ3) is 11.0. The van der Waals surface area contributed by atoms with E-state index in [1.54, 1.807) is 0 Å². The number of unbranched alkanes of at least 4 members (excludes halogenated alkanes) is 6. The first-order chi connectivity index (χ1) is 9.46. The second-order valence-electron chi connectivity index (χ2n) is 6.51. The van der Waals surface area contributed by atoms with Crippen LogP contribution in [0.15, 0.2) is 0 Å². The Hall–Kier alpha value is -0.300. The molecule has 0 saturated heterocycles. The molecule has 0 rings (SSSR count). The van der Waals surface area contributed by atoms with Gasteiger partial charge in [0, 0.05) is 0 Å². The molecule has 0 amide bonds. The van der Waals surface area contributed by atoms with Crippen molar-refractivity contribution in [3.8, 4) is 0 Å². The van der Waals surface area contributed by atoms with E-state index >= 15 is 0 Å². The highest BCUT2D eigenvalue weighted by Crippen LogP contribution is 2.25. The van der Waals surface area contributed by atoms with Gasteiger partial charge in [0.25, 0.3) is 0 Å². The van der Waals surface area contributed by atoms with Crippen LogP contribution in [0.25, 0.3) is 0 Å². The lowest BCUT2D eigenvalue weighted by molar-refractivity contribution is -0.0542. The Balaban J connectivity index is 3.46. The van der Waals surface area contributed by atoms with E-state index in [0.717, 1.165) is 25.7 Å². The summed E-state index contributed by atoms with van der Waals surface area (Å²) in [6, 6.07) is 0. The predicted octanol–water partition coefficient (Wildman–Crippen LogP) is 5.02. The molecular formula is C14H27F3O3S. The monoisotopic (exact) mass is 332 g/mol. The summed E-state index contributed by atoms with van der Waals surface area (Å²) >= 11 is 0. The van der Waals surface area contributed by atoms with Gasteiger partial charge in [-0.2, -0.15) is 21.6 Å². The van der Waals surface area contributed by atoms with E-state index in [9.17, 15) is 21.6 Å². The van der Waals surface area contributed by atoms with Gasteiger partial charge in [-0.1, -0.05) is 59.3 Å². The minimum atomic E-state index is -5.42. The Morgan fingerprint density at radius 1 is 0.810 bits per heavy atom. The first kappa shape index (κ1) is 20.7. The van der Waals surface area contributed by atoms with Gasteiger partial charge in [0.05, 0.1) is 6.61 Å². The van der Waals surface area contributed by atoms with Crippen molar-refractivity contribution in [1.82, 2.24) is 0 Å². The molecule has 128 valence electrons. The molecule has 0 spiro atoms. The van der Waals surface area contributed by atoms with Gasteiger partial charge in [-0.05, 0) is 18.3 Å². The summed E-state index contributed by atoms with van der Waals surface area (Å²) in [6.45, 7) is 6.23. The molecule has 0 fully saturated rings. The summed E-state index contributed by atoms with van der Waals surface area (Å²) in [7, 11) is -5.42. The van der Waals surface area contributed by atoms with Crippen molar-refractivity contribution in [1.29, 1.82) is 0 Å². The zero-order valence-corrected chi connectivity index (χ0v) is 13.9. The number of hydrogen-bond acceptors (Lipinski definition) is 3. The maximum Gasteiger partial charge on any atom is 0.523 e. The molecule has 0 aliphatic heterocycles. The molecule has 0 aromatic carbocycles. The molecule has 0 aliphatic rings. The van der Waals surface area contributed by atoms with Crippen molar-refractivity contribution >= 4 is 10.1 Å². The van der Waals surface area contributed by atoms with E-state index in [4.69, 9.17) is 0 Å². The molecule has 0 aromatic rings. The molecule has 0 saturated carbocycles. The maximum absolute atomic E-state index is 12.0. The first-order valence-electron chi connectivity index (χ1n) is 7.41. The van der Waals surface area contributed by atoms with Crippen LogP contribution in [0, 0.1) is 5.41 Å². The van der Waals surface area contributed by atoms with Crippen LogP contribution in [0.5, 0.6) is 0 Å². The lowest BCUT2D eigenvalue weighted by Gasteiger charge is -2.17. The Kier molecular flexibility index (Phi) is 8.85. The fourth-order valence-electron chi connectivity index (χ4n) is 1.88. The van der Waals surface area contributed by atoms with E-state index in [1.807, 2.05) is 0 Å². The van der Waals surface area contributed by atoms with Crippen LogP contribution in [0.4, 0.5) is 13.2 Å². The lowest BCUT2D eigenvalue weighted by Crippen LogP contribution is -2.25. The van der Waals surface area contributed by atoms with E-state index in [-0.39, 0.29) is 0 Å². The zero-order valence-electron chi connectivity index (χ0n) is 13.1. The van der Waals surface area contributed by atoms with Gasteiger partial charge >= 0.3 is 15.6 Å². The highest BCUT2D eigenvalue weighted by Gasteiger charge is 2.47. The van der Waals surface area contributed by atoms with Crippen LogP contribution in [-0.4, -0.2) is 20.5 Å². The Morgan fingerprint density at radius 2 is 1.24 bits per heavy atom. The summed E-state index contributed by atoms with van der Waals surface area (Å²) in [5.41, 5.74) is -4.96. The molecule has 0 N–H and O–H groups in total. The van der Waals surface area contributed by atoms with E-state index < -0.39 is 22.2 Å². The van der Waals surface area contributed by atoms with Gasteiger partial charge in [-0.3, -0.25) is 4.18 Å². The third-order valence-corrected chi connectivity index (χ3v) is 4.14. The van der Waals surface area contributed by atoms with Crippen molar-refractivity contribution < 1.29 is 25.8 Å². The van der Waals surface area contributed by atoms with E-state index in [0.29, 0.717) is 18.3 Å². The summed E-state index contributed by atoms with van der Waals surface area (Å²) in [6.07, 6.45) is 7.59. The Morgan fingerprint density at radius 3 is 1.67 bits per heavy atom. The average Bonchev–Trinajstić information content (AvgIpc) is 2.28. The first-order valence-corrected chi connectivity index (χ1v) is 8.82. The maximum atomic E-state index is 12.0. The van der Waals surface area contributed by atoms with Gasteiger partial charge in [0.1, 0.15) is 0 Å². The second kappa shape index (κ2) is 8.98. The van der Waals surface area contributed by atoms with Gasteiger partial charge in [0.2, 0.25) is 0 Å². The standard InChI is InChI=1S/C14H27F3O3S/c1-13(2,3)11-9-7-5-4-6-8-10-12-20-21(18,19)14(15,16)17/h4-12H2,1-3H3. The zero-order chi connectivity index (χ0) is 16.6. The minimum absolute atomic E-state index is 0.331. The third-order valence-electron chi connectivity index (χ3n) is 3.09. The van der Waals surface area contributed by atoms with Gasteiger partial charge in [0.15, 0.2) is 0 Å². The summed E-state index contributed by atoms with van der Waals surface area (Å²) in [5, 5.41) is 0. The molecule has 0 bridgehead atoms. The van der Waals surface area contributed by atoms with Crippen molar-refractivity contribution in [3.05, 3.63) is 0 Å². The van der Waals surface area contributed by atoms with Crippen LogP contribution in [0.2, 0.25) is 0 Å². The molecule has 0 aromatic heterocycles. The summed E-state index contributed by atoms with van der Waals surface area (Å²) in [4.78, 5) is 0. The normalized spacial score (nSPS) is 13.6. The SMILES string of the molecule is CC(C)(C)CCCCCCCCCOS(=O)(=O)C(F)(F)F. The number of hydrogen-bond donors (Lipinski definition) is 0. The fourth-order valence-corrected chi connectivity index (χ4v) is 2.35. The highest BCUT2D eigenvalue weighted by molar-refractivity contribution is 7.87. The average molecular weight is 332 g/mol. The van der Waals surface area contributed by atoms with Gasteiger partial charge < -0.3 is 0 Å². The quantitative estimate of drug-likeness (QED) is 0.320. The predicted molar refractivity (Wildman–Crippen MR) is 77.3 cm³/mol. The minimum Gasteiger partial charge on any atom is -0.263 e. The lowest BCUT2D eigenvalue weighted by atomic mass is 9.89.